The van der Waals surface area contributed by atoms with E-state index in [4.69, 9.17) is 0 Å². The maximum Gasteiger partial charge on any atom is 0.197 e. The monoisotopic (exact) mass is 221 g/mol. The number of aromatic nitrogens is 2. The number of hydrogen-bond donors (Lipinski definition) is 2. The molecule has 0 unspecified atom stereocenters. The highest BCUT2D eigenvalue weighted by atomic mass is 15.2. The van der Waals surface area contributed by atoms with Gasteiger partial charge in [-0.25, -0.2) is 4.98 Å². The summed E-state index contributed by atoms with van der Waals surface area (Å²) in [5.41, 5.74) is 0. The second kappa shape index (κ2) is 6.05. The lowest BCUT2D eigenvalue weighted by Gasteiger charge is -2.15. The quantitative estimate of drug-likeness (QED) is 0.602. The van der Waals surface area contributed by atoms with E-state index in [1.54, 1.807) is 18.6 Å². The molecule has 0 aliphatic heterocycles. The maximum absolute atomic E-state index is 4.44. The van der Waals surface area contributed by atoms with Gasteiger partial charge in [-0.05, 0) is 27.7 Å². The lowest BCUT2D eigenvalue weighted by molar-refractivity contribution is 0.717. The van der Waals surface area contributed by atoms with Crippen molar-refractivity contribution in [3.63, 3.8) is 0 Å². The molecule has 0 amide bonds. The number of hydrogen-bond acceptors (Lipinski definition) is 3. The molecule has 0 saturated carbocycles. The Labute approximate surface area is 96.4 Å². The summed E-state index contributed by atoms with van der Waals surface area (Å²) < 4.78 is 0. The van der Waals surface area contributed by atoms with Crippen molar-refractivity contribution in [3.8, 4) is 0 Å². The molecule has 88 valence electrons. The van der Waals surface area contributed by atoms with Gasteiger partial charge in [-0.15, -0.1) is 0 Å². The molecule has 1 heterocycles. The van der Waals surface area contributed by atoms with Crippen molar-refractivity contribution >= 4 is 11.8 Å². The zero-order valence-corrected chi connectivity index (χ0v) is 10.2. The third kappa shape index (κ3) is 4.72. The van der Waals surface area contributed by atoms with E-state index in [1.807, 2.05) is 13.8 Å². The Morgan fingerprint density at radius 2 is 2.00 bits per heavy atom. The van der Waals surface area contributed by atoms with Crippen molar-refractivity contribution in [2.45, 2.75) is 39.8 Å². The smallest absolute Gasteiger partial charge is 0.197 e. The standard InChI is InChI=1S/C11H19N5/c1-8(2)14-11(15-9(3)4)16-10-7-12-5-6-13-10/h5-9H,1-4H3,(H2,13,14,15,16). The van der Waals surface area contributed by atoms with Gasteiger partial charge in [0, 0.05) is 24.5 Å². The summed E-state index contributed by atoms with van der Waals surface area (Å²) in [7, 11) is 0. The van der Waals surface area contributed by atoms with Crippen LogP contribution >= 0.6 is 0 Å². The number of guanidine groups is 1. The number of anilines is 1. The number of aliphatic imine (C=N–C) groups is 1. The van der Waals surface area contributed by atoms with Crippen molar-refractivity contribution < 1.29 is 0 Å². The van der Waals surface area contributed by atoms with Crippen LogP contribution in [0.2, 0.25) is 0 Å². The van der Waals surface area contributed by atoms with E-state index in [0.717, 1.165) is 5.96 Å². The molecule has 16 heavy (non-hydrogen) atoms. The molecule has 0 radical (unpaired) electrons. The number of nitrogens with one attached hydrogen (secondary N) is 2. The van der Waals surface area contributed by atoms with Gasteiger partial charge in [0.25, 0.3) is 0 Å². The molecule has 0 fully saturated rings. The van der Waals surface area contributed by atoms with Crippen LogP contribution in [0.4, 0.5) is 5.82 Å². The van der Waals surface area contributed by atoms with Crippen LogP contribution in [0.3, 0.4) is 0 Å². The summed E-state index contributed by atoms with van der Waals surface area (Å²) in [6.45, 7) is 8.18. The first-order valence-corrected chi connectivity index (χ1v) is 5.45. The number of nitrogens with zero attached hydrogens (tertiary/aromatic N) is 3. The van der Waals surface area contributed by atoms with E-state index >= 15 is 0 Å². The summed E-state index contributed by atoms with van der Waals surface area (Å²) in [6.07, 6.45) is 4.95. The van der Waals surface area contributed by atoms with Crippen LogP contribution in [0, 0.1) is 0 Å². The molecule has 0 spiro atoms. The fourth-order valence-electron chi connectivity index (χ4n) is 1.12. The van der Waals surface area contributed by atoms with Crippen LogP contribution in [0.25, 0.3) is 0 Å². The largest absolute Gasteiger partial charge is 0.354 e. The molecule has 0 bridgehead atoms. The lowest BCUT2D eigenvalue weighted by Crippen LogP contribution is -2.36. The van der Waals surface area contributed by atoms with E-state index in [2.05, 4.69) is 39.4 Å². The molecule has 0 aromatic carbocycles. The predicted octanol–water partition coefficient (Wildman–Crippen LogP) is 1.65. The van der Waals surface area contributed by atoms with Gasteiger partial charge in [0.1, 0.15) is 0 Å². The molecule has 2 N–H and O–H groups in total. The minimum atomic E-state index is 0.227. The SMILES string of the molecule is CC(C)N=C(Nc1cnccn1)NC(C)C. The highest BCUT2D eigenvalue weighted by molar-refractivity contribution is 5.92. The minimum absolute atomic E-state index is 0.227. The molecular weight excluding hydrogens is 202 g/mol. The Morgan fingerprint density at radius 1 is 1.25 bits per heavy atom. The first kappa shape index (κ1) is 12.4. The highest BCUT2D eigenvalue weighted by Crippen LogP contribution is 1.98. The third-order valence-corrected chi connectivity index (χ3v) is 1.62. The molecule has 1 aromatic rings. The molecule has 0 aliphatic rings. The Hall–Kier alpha value is -1.65. The maximum atomic E-state index is 4.44. The zero-order chi connectivity index (χ0) is 12.0. The summed E-state index contributed by atoms with van der Waals surface area (Å²) in [6, 6.07) is 0.548. The van der Waals surface area contributed by atoms with Gasteiger partial charge in [0.2, 0.25) is 0 Å². The lowest BCUT2D eigenvalue weighted by atomic mass is 10.4. The highest BCUT2D eigenvalue weighted by Gasteiger charge is 2.03. The van der Waals surface area contributed by atoms with Crippen LogP contribution in [0.15, 0.2) is 23.6 Å². The van der Waals surface area contributed by atoms with Crippen LogP contribution in [-0.4, -0.2) is 28.0 Å². The van der Waals surface area contributed by atoms with Crippen LogP contribution in [0.5, 0.6) is 0 Å². The van der Waals surface area contributed by atoms with E-state index in [1.165, 1.54) is 0 Å². The average Bonchev–Trinajstić information content (AvgIpc) is 2.16. The minimum Gasteiger partial charge on any atom is -0.354 e. The van der Waals surface area contributed by atoms with Gasteiger partial charge in [-0.2, -0.15) is 0 Å². The topological polar surface area (TPSA) is 62.2 Å². The molecular formula is C11H19N5. The zero-order valence-electron chi connectivity index (χ0n) is 10.2. The number of rotatable bonds is 3. The third-order valence-electron chi connectivity index (χ3n) is 1.62. The van der Waals surface area contributed by atoms with Gasteiger partial charge >= 0.3 is 0 Å². The molecule has 0 aliphatic carbocycles. The van der Waals surface area contributed by atoms with Gasteiger partial charge in [0.05, 0.1) is 6.20 Å². The van der Waals surface area contributed by atoms with Gasteiger partial charge < -0.3 is 10.6 Å². The van der Waals surface area contributed by atoms with Gasteiger partial charge in [-0.3, -0.25) is 9.98 Å². The second-order valence-corrected chi connectivity index (χ2v) is 4.09. The molecule has 5 heteroatoms. The van der Waals surface area contributed by atoms with Crippen LogP contribution in [-0.2, 0) is 0 Å². The summed E-state index contributed by atoms with van der Waals surface area (Å²) in [5.74, 6) is 1.42. The molecule has 5 nitrogen and oxygen atoms in total. The predicted molar refractivity (Wildman–Crippen MR) is 66.5 cm³/mol. The van der Waals surface area contributed by atoms with E-state index in [-0.39, 0.29) is 6.04 Å². The van der Waals surface area contributed by atoms with Gasteiger partial charge in [-0.1, -0.05) is 0 Å². The average molecular weight is 221 g/mol. The van der Waals surface area contributed by atoms with Crippen LogP contribution in [0.1, 0.15) is 27.7 Å². The Bertz CT molecular complexity index is 331. The second-order valence-electron chi connectivity index (χ2n) is 4.09. The van der Waals surface area contributed by atoms with E-state index in [0.29, 0.717) is 11.9 Å². The Kier molecular flexibility index (Phi) is 4.69. The van der Waals surface area contributed by atoms with Gasteiger partial charge in [0.15, 0.2) is 11.8 Å². The first-order chi connectivity index (χ1) is 7.58. The summed E-state index contributed by atoms with van der Waals surface area (Å²) in [5, 5.41) is 6.34. The normalized spacial score (nSPS) is 12.0. The van der Waals surface area contributed by atoms with Crippen molar-refractivity contribution in [2.24, 2.45) is 4.99 Å². The molecule has 1 aromatic heterocycles. The van der Waals surface area contributed by atoms with Crippen LogP contribution < -0.4 is 10.6 Å². The van der Waals surface area contributed by atoms with E-state index < -0.39 is 0 Å². The Balaban J connectivity index is 2.71. The van der Waals surface area contributed by atoms with Crippen molar-refractivity contribution in [1.82, 2.24) is 15.3 Å². The molecule has 1 rings (SSSR count). The summed E-state index contributed by atoms with van der Waals surface area (Å²) in [4.78, 5) is 12.6. The fraction of sp³-hybridized carbons (Fsp3) is 0.545. The summed E-state index contributed by atoms with van der Waals surface area (Å²) >= 11 is 0. The fourth-order valence-corrected chi connectivity index (χ4v) is 1.12. The van der Waals surface area contributed by atoms with E-state index in [9.17, 15) is 0 Å². The van der Waals surface area contributed by atoms with Crippen molar-refractivity contribution in [1.29, 1.82) is 0 Å². The first-order valence-electron chi connectivity index (χ1n) is 5.45. The van der Waals surface area contributed by atoms with Crippen molar-refractivity contribution in [3.05, 3.63) is 18.6 Å². The Morgan fingerprint density at radius 3 is 2.50 bits per heavy atom. The molecule has 0 saturated heterocycles. The molecule has 0 atom stereocenters. The van der Waals surface area contributed by atoms with Crippen molar-refractivity contribution in [2.75, 3.05) is 5.32 Å².